The number of nitrogens with one attached hydrogen (secondary N) is 1. The number of aromatic nitrogens is 2. The van der Waals surface area contributed by atoms with E-state index < -0.39 is 5.82 Å². The monoisotopic (exact) mass is 257 g/mol. The maximum absolute atomic E-state index is 13.5. The average Bonchev–Trinajstić information content (AvgIpc) is 2.21. The Labute approximate surface area is 106 Å². The minimum Gasteiger partial charge on any atom is -0.364 e. The molecule has 1 aromatic heterocycles. The van der Waals surface area contributed by atoms with Gasteiger partial charge in [0.25, 0.3) is 0 Å². The van der Waals surface area contributed by atoms with Gasteiger partial charge in [-0.2, -0.15) is 4.98 Å². The largest absolute Gasteiger partial charge is 0.364 e. The van der Waals surface area contributed by atoms with E-state index in [0.29, 0.717) is 6.42 Å². The van der Waals surface area contributed by atoms with Crippen LogP contribution in [0.15, 0.2) is 18.9 Å². The molecule has 0 aromatic carbocycles. The van der Waals surface area contributed by atoms with Gasteiger partial charge in [0.2, 0.25) is 5.28 Å². The summed E-state index contributed by atoms with van der Waals surface area (Å²) in [6, 6.07) is 0.0282. The van der Waals surface area contributed by atoms with Crippen molar-refractivity contribution in [3.8, 4) is 0 Å². The van der Waals surface area contributed by atoms with E-state index in [4.69, 9.17) is 11.6 Å². The third kappa shape index (κ3) is 3.97. The third-order valence-corrected chi connectivity index (χ3v) is 2.66. The van der Waals surface area contributed by atoms with Crippen LogP contribution in [0.1, 0.15) is 27.2 Å². The number of nitrogens with zero attached hydrogens (tertiary/aromatic N) is 2. The standard InChI is InChI=1S/C12H17ClFN3/c1-5-6-9(12(2,3)4)16-10-8(14)7-15-11(13)17-10/h5,7,9H,1,6H2,2-4H3,(H,15,16,17)/t9-/m1/s1. The fraction of sp³-hybridized carbons (Fsp3) is 0.500. The van der Waals surface area contributed by atoms with E-state index in [1.165, 1.54) is 0 Å². The number of halogens is 2. The van der Waals surface area contributed by atoms with Crippen LogP contribution in [0.4, 0.5) is 10.2 Å². The average molecular weight is 258 g/mol. The van der Waals surface area contributed by atoms with Crippen molar-refractivity contribution in [2.75, 3.05) is 5.32 Å². The van der Waals surface area contributed by atoms with Crippen LogP contribution in [0.5, 0.6) is 0 Å². The van der Waals surface area contributed by atoms with Crippen LogP contribution in [0.3, 0.4) is 0 Å². The van der Waals surface area contributed by atoms with Gasteiger partial charge in [0.1, 0.15) is 0 Å². The van der Waals surface area contributed by atoms with E-state index in [1.54, 1.807) is 6.08 Å². The molecule has 1 heterocycles. The lowest BCUT2D eigenvalue weighted by Gasteiger charge is -2.31. The second-order valence-electron chi connectivity index (χ2n) is 4.92. The van der Waals surface area contributed by atoms with Gasteiger partial charge in [0.15, 0.2) is 11.6 Å². The quantitative estimate of drug-likeness (QED) is 0.661. The second-order valence-corrected chi connectivity index (χ2v) is 5.26. The predicted octanol–water partition coefficient (Wildman–Crippen LogP) is 3.67. The first-order chi connectivity index (χ1) is 7.84. The highest BCUT2D eigenvalue weighted by atomic mass is 35.5. The Kier molecular flexibility index (Phi) is 4.46. The maximum Gasteiger partial charge on any atom is 0.224 e. The summed E-state index contributed by atoms with van der Waals surface area (Å²) in [4.78, 5) is 7.42. The number of rotatable bonds is 4. The Balaban J connectivity index is 2.93. The van der Waals surface area contributed by atoms with E-state index in [1.807, 2.05) is 0 Å². The van der Waals surface area contributed by atoms with Crippen molar-refractivity contribution >= 4 is 17.4 Å². The van der Waals surface area contributed by atoms with Crippen molar-refractivity contribution < 1.29 is 4.39 Å². The zero-order valence-electron chi connectivity index (χ0n) is 10.3. The van der Waals surface area contributed by atoms with Crippen LogP contribution in [-0.2, 0) is 0 Å². The molecule has 0 amide bonds. The fourth-order valence-electron chi connectivity index (χ4n) is 1.41. The smallest absolute Gasteiger partial charge is 0.224 e. The first kappa shape index (κ1) is 13.9. The number of hydrogen-bond donors (Lipinski definition) is 1. The Hall–Kier alpha value is -1.16. The molecule has 0 aliphatic carbocycles. The van der Waals surface area contributed by atoms with Crippen molar-refractivity contribution in [3.05, 3.63) is 30.0 Å². The number of hydrogen-bond acceptors (Lipinski definition) is 3. The summed E-state index contributed by atoms with van der Waals surface area (Å²) in [5, 5.41) is 3.08. The van der Waals surface area contributed by atoms with Crippen LogP contribution >= 0.6 is 11.6 Å². The lowest BCUT2D eigenvalue weighted by Crippen LogP contribution is -2.34. The molecule has 0 aliphatic heterocycles. The molecule has 5 heteroatoms. The van der Waals surface area contributed by atoms with Gasteiger partial charge in [-0.05, 0) is 23.4 Å². The summed E-state index contributed by atoms with van der Waals surface area (Å²) in [6.07, 6.45) is 3.57. The second kappa shape index (κ2) is 5.45. The minimum absolute atomic E-state index is 0.0279. The molecule has 1 atom stereocenters. The highest BCUT2D eigenvalue weighted by molar-refractivity contribution is 6.28. The van der Waals surface area contributed by atoms with E-state index in [-0.39, 0.29) is 22.6 Å². The van der Waals surface area contributed by atoms with Gasteiger partial charge in [0, 0.05) is 6.04 Å². The predicted molar refractivity (Wildman–Crippen MR) is 68.7 cm³/mol. The molecule has 0 spiro atoms. The highest BCUT2D eigenvalue weighted by Crippen LogP contribution is 2.26. The molecule has 0 radical (unpaired) electrons. The van der Waals surface area contributed by atoms with E-state index in [9.17, 15) is 4.39 Å². The van der Waals surface area contributed by atoms with Crippen molar-refractivity contribution in [3.63, 3.8) is 0 Å². The lowest BCUT2D eigenvalue weighted by molar-refractivity contribution is 0.340. The van der Waals surface area contributed by atoms with Crippen molar-refractivity contribution in [2.24, 2.45) is 5.41 Å². The molecule has 94 valence electrons. The molecule has 0 saturated heterocycles. The normalized spacial score (nSPS) is 13.2. The van der Waals surface area contributed by atoms with Crippen LogP contribution in [0, 0.1) is 11.2 Å². The number of anilines is 1. The van der Waals surface area contributed by atoms with E-state index in [0.717, 1.165) is 6.20 Å². The van der Waals surface area contributed by atoms with E-state index >= 15 is 0 Å². The zero-order valence-corrected chi connectivity index (χ0v) is 11.1. The molecule has 0 bridgehead atoms. The molecule has 1 aromatic rings. The molecular formula is C12H17ClFN3. The Morgan fingerprint density at radius 2 is 2.24 bits per heavy atom. The van der Waals surface area contributed by atoms with Crippen LogP contribution in [0.25, 0.3) is 0 Å². The van der Waals surface area contributed by atoms with Gasteiger partial charge < -0.3 is 5.32 Å². The molecule has 1 rings (SSSR count). The van der Waals surface area contributed by atoms with E-state index in [2.05, 4.69) is 42.6 Å². The van der Waals surface area contributed by atoms with Gasteiger partial charge in [-0.3, -0.25) is 0 Å². The molecule has 0 aliphatic rings. The highest BCUT2D eigenvalue weighted by Gasteiger charge is 2.24. The zero-order chi connectivity index (χ0) is 13.1. The van der Waals surface area contributed by atoms with Crippen molar-refractivity contribution in [1.82, 2.24) is 9.97 Å². The Bertz CT molecular complexity index is 401. The van der Waals surface area contributed by atoms with Gasteiger partial charge in [0.05, 0.1) is 6.20 Å². The first-order valence-electron chi connectivity index (χ1n) is 5.40. The summed E-state index contributed by atoms with van der Waals surface area (Å²) < 4.78 is 13.5. The summed E-state index contributed by atoms with van der Waals surface area (Å²) in [6.45, 7) is 9.90. The topological polar surface area (TPSA) is 37.8 Å². The fourth-order valence-corrected chi connectivity index (χ4v) is 1.54. The van der Waals surface area contributed by atoms with Gasteiger partial charge in [-0.1, -0.05) is 26.8 Å². The molecule has 1 N–H and O–H groups in total. The third-order valence-electron chi connectivity index (χ3n) is 2.47. The van der Waals surface area contributed by atoms with Gasteiger partial charge in [-0.15, -0.1) is 6.58 Å². The van der Waals surface area contributed by atoms with Gasteiger partial charge >= 0.3 is 0 Å². The SMILES string of the molecule is C=CC[C@@H](Nc1nc(Cl)ncc1F)C(C)(C)C. The van der Waals surface area contributed by atoms with Gasteiger partial charge in [-0.25, -0.2) is 9.37 Å². The summed E-state index contributed by atoms with van der Waals surface area (Å²) in [5.41, 5.74) is -0.0436. The first-order valence-corrected chi connectivity index (χ1v) is 5.78. The molecule has 3 nitrogen and oxygen atoms in total. The molecule has 0 unspecified atom stereocenters. The van der Waals surface area contributed by atoms with Crippen LogP contribution in [0.2, 0.25) is 5.28 Å². The molecular weight excluding hydrogens is 241 g/mol. The van der Waals surface area contributed by atoms with Crippen molar-refractivity contribution in [1.29, 1.82) is 0 Å². The summed E-state index contributed by atoms with van der Waals surface area (Å²) in [7, 11) is 0. The Morgan fingerprint density at radius 1 is 1.59 bits per heavy atom. The van der Waals surface area contributed by atoms with Crippen LogP contribution in [-0.4, -0.2) is 16.0 Å². The van der Waals surface area contributed by atoms with Crippen molar-refractivity contribution in [2.45, 2.75) is 33.2 Å². The molecule has 17 heavy (non-hydrogen) atoms. The maximum atomic E-state index is 13.5. The van der Waals surface area contributed by atoms with Crippen LogP contribution < -0.4 is 5.32 Å². The Morgan fingerprint density at radius 3 is 2.76 bits per heavy atom. The summed E-state index contributed by atoms with van der Waals surface area (Å²) >= 11 is 5.64. The lowest BCUT2D eigenvalue weighted by atomic mass is 9.85. The summed E-state index contributed by atoms with van der Waals surface area (Å²) in [5.74, 6) is -0.375. The molecule has 0 fully saturated rings. The minimum atomic E-state index is -0.507. The molecule has 0 saturated carbocycles.